The molecule has 0 radical (unpaired) electrons. The number of aryl methyl sites for hydroxylation is 1. The van der Waals surface area contributed by atoms with Crippen molar-refractivity contribution in [2.45, 2.75) is 37.2 Å². The van der Waals surface area contributed by atoms with Gasteiger partial charge < -0.3 is 10.4 Å². The van der Waals surface area contributed by atoms with Gasteiger partial charge in [-0.25, -0.2) is 0 Å². The van der Waals surface area contributed by atoms with Crippen LogP contribution in [-0.4, -0.2) is 44.6 Å². The lowest BCUT2D eigenvalue weighted by Crippen LogP contribution is -2.53. The molecule has 0 aliphatic carbocycles. The third-order valence-electron chi connectivity index (χ3n) is 3.67. The van der Waals surface area contributed by atoms with Crippen LogP contribution in [0, 0.1) is 0 Å². The maximum atomic E-state index is 12.8. The molecule has 0 aliphatic rings. The van der Waals surface area contributed by atoms with Crippen LogP contribution < -0.4 is 5.32 Å². The van der Waals surface area contributed by atoms with Gasteiger partial charge in [-0.2, -0.15) is 31.6 Å². The van der Waals surface area contributed by atoms with Gasteiger partial charge in [-0.15, -0.1) is 10.2 Å². The van der Waals surface area contributed by atoms with E-state index in [2.05, 4.69) is 25.9 Å². The molecule has 1 heterocycles. The van der Waals surface area contributed by atoms with Gasteiger partial charge in [0.15, 0.2) is 5.82 Å². The Kier molecular flexibility index (Phi) is 5.74. The van der Waals surface area contributed by atoms with Gasteiger partial charge in [-0.05, 0) is 25.0 Å². The number of hydrogen-bond donors (Lipinski definition) is 3. The monoisotopic (exact) mass is 383 g/mol. The minimum atomic E-state index is -5.89. The number of aliphatic hydroxyl groups is 1. The highest BCUT2D eigenvalue weighted by atomic mass is 19.4. The molecule has 0 aliphatic heterocycles. The van der Waals surface area contributed by atoms with Crippen molar-refractivity contribution in [1.82, 2.24) is 20.6 Å². The second-order valence-electron chi connectivity index (χ2n) is 5.50. The normalized spacial score (nSPS) is 13.0. The lowest BCUT2D eigenvalue weighted by Gasteiger charge is -2.32. The molecular weight excluding hydrogens is 368 g/mol. The van der Waals surface area contributed by atoms with Crippen molar-refractivity contribution < 1.29 is 31.4 Å². The minimum Gasteiger partial charge on any atom is -0.385 e. The van der Waals surface area contributed by atoms with E-state index < -0.39 is 23.5 Å². The molecule has 0 atom stereocenters. The number of hydrogen-bond acceptors (Lipinski definition) is 5. The van der Waals surface area contributed by atoms with E-state index in [-0.39, 0.29) is 0 Å². The van der Waals surface area contributed by atoms with Gasteiger partial charge in [0.25, 0.3) is 5.60 Å². The van der Waals surface area contributed by atoms with E-state index in [1.165, 1.54) is 0 Å². The Morgan fingerprint density at radius 2 is 1.58 bits per heavy atom. The van der Waals surface area contributed by atoms with Gasteiger partial charge in [0.05, 0.1) is 0 Å². The van der Waals surface area contributed by atoms with Gasteiger partial charge in [-0.1, -0.05) is 17.3 Å². The molecule has 0 saturated heterocycles. The molecule has 3 N–H and O–H groups in total. The summed E-state index contributed by atoms with van der Waals surface area (Å²) in [5.41, 5.74) is -5.87. The molecule has 2 rings (SSSR count). The quantitative estimate of drug-likeness (QED) is 0.506. The average Bonchev–Trinajstić information content (AvgIpc) is 3.05. The zero-order valence-electron chi connectivity index (χ0n) is 13.2. The Morgan fingerprint density at radius 1 is 0.962 bits per heavy atom. The molecule has 0 spiro atoms. The Bertz CT molecular complexity index is 669. The van der Waals surface area contributed by atoms with Crippen LogP contribution in [0.4, 0.5) is 32.0 Å². The number of aromatic nitrogens is 4. The van der Waals surface area contributed by atoms with E-state index in [0.29, 0.717) is 49.5 Å². The second-order valence-corrected chi connectivity index (χ2v) is 5.50. The molecule has 0 fully saturated rings. The highest BCUT2D eigenvalue weighted by Crippen LogP contribution is 2.50. The van der Waals surface area contributed by atoms with Crippen LogP contribution >= 0.6 is 0 Å². The first-order valence-electron chi connectivity index (χ1n) is 7.48. The fraction of sp³-hybridized carbons (Fsp3) is 0.500. The van der Waals surface area contributed by atoms with Gasteiger partial charge >= 0.3 is 12.4 Å². The summed E-state index contributed by atoms with van der Waals surface area (Å²) >= 11 is 0. The third kappa shape index (κ3) is 4.23. The largest absolute Gasteiger partial charge is 0.430 e. The molecule has 12 heteroatoms. The summed E-state index contributed by atoms with van der Waals surface area (Å²) in [5, 5.41) is 25.4. The van der Waals surface area contributed by atoms with Gasteiger partial charge in [-0.3, -0.25) is 0 Å². The van der Waals surface area contributed by atoms with Crippen LogP contribution in [-0.2, 0) is 12.0 Å². The summed E-state index contributed by atoms with van der Waals surface area (Å²) in [6, 6.07) is 3.30. The van der Waals surface area contributed by atoms with Crippen molar-refractivity contribution >= 4 is 5.69 Å². The second kappa shape index (κ2) is 7.48. The highest BCUT2D eigenvalue weighted by molar-refractivity contribution is 5.46. The number of halogens is 6. The van der Waals surface area contributed by atoms with Crippen molar-refractivity contribution in [3.8, 4) is 0 Å². The number of tetrazole rings is 1. The van der Waals surface area contributed by atoms with Crippen molar-refractivity contribution in [2.24, 2.45) is 0 Å². The highest BCUT2D eigenvalue weighted by Gasteiger charge is 2.71. The van der Waals surface area contributed by atoms with Gasteiger partial charge in [0.2, 0.25) is 0 Å². The van der Waals surface area contributed by atoms with Crippen LogP contribution in [0.25, 0.3) is 0 Å². The smallest absolute Gasteiger partial charge is 0.385 e. The van der Waals surface area contributed by atoms with E-state index >= 15 is 0 Å². The van der Waals surface area contributed by atoms with Gasteiger partial charge in [0.1, 0.15) is 0 Å². The summed E-state index contributed by atoms with van der Waals surface area (Å²) in [7, 11) is 0. The predicted molar refractivity (Wildman–Crippen MR) is 78.1 cm³/mol. The number of nitrogens with one attached hydrogen (secondary N) is 2. The van der Waals surface area contributed by atoms with Crippen LogP contribution in [0.5, 0.6) is 0 Å². The molecule has 144 valence electrons. The standard InChI is InChI=1S/C14H15F6N5O/c15-13(16,17)12(26,14(18,19)20)9-4-6-10(7-5-9)21-8-2-1-3-11-22-24-25-23-11/h4-7,21,26H,1-3,8H2,(H,22,23,24,25). The number of nitrogens with zero attached hydrogens (tertiary/aromatic N) is 3. The fourth-order valence-electron chi connectivity index (χ4n) is 2.25. The Hall–Kier alpha value is -2.37. The lowest BCUT2D eigenvalue weighted by atomic mass is 9.92. The molecule has 0 amide bonds. The van der Waals surface area contributed by atoms with Crippen molar-refractivity contribution in [1.29, 1.82) is 0 Å². The Morgan fingerprint density at radius 3 is 2.08 bits per heavy atom. The first kappa shape index (κ1) is 19.9. The summed E-state index contributed by atoms with van der Waals surface area (Å²) in [6.07, 6.45) is -9.82. The van der Waals surface area contributed by atoms with E-state index in [1.54, 1.807) is 0 Å². The molecule has 6 nitrogen and oxygen atoms in total. The molecule has 1 aromatic carbocycles. The number of anilines is 1. The maximum Gasteiger partial charge on any atom is 0.430 e. The van der Waals surface area contributed by atoms with Crippen LogP contribution in [0.2, 0.25) is 0 Å². The SMILES string of the molecule is OC(c1ccc(NCCCCc2nn[nH]n2)cc1)(C(F)(F)F)C(F)(F)F. The Labute approximate surface area is 143 Å². The van der Waals surface area contributed by atoms with E-state index in [9.17, 15) is 31.4 Å². The summed E-state index contributed by atoms with van der Waals surface area (Å²) in [4.78, 5) is 0. The molecule has 0 saturated carbocycles. The number of H-pyrrole nitrogens is 1. The number of benzene rings is 1. The lowest BCUT2D eigenvalue weighted by molar-refractivity contribution is -0.376. The zero-order valence-corrected chi connectivity index (χ0v) is 13.2. The van der Waals surface area contributed by atoms with E-state index in [1.807, 2.05) is 0 Å². The van der Waals surface area contributed by atoms with Crippen molar-refractivity contribution in [2.75, 3.05) is 11.9 Å². The predicted octanol–water partition coefficient (Wildman–Crippen LogP) is 2.95. The summed E-state index contributed by atoms with van der Waals surface area (Å²) in [6.45, 7) is 0.444. The Balaban J connectivity index is 1.94. The molecule has 2 aromatic rings. The number of unbranched alkanes of at least 4 members (excludes halogenated alkanes) is 1. The first-order valence-corrected chi connectivity index (χ1v) is 7.48. The zero-order chi connectivity index (χ0) is 19.4. The number of rotatable bonds is 7. The molecule has 0 unspecified atom stereocenters. The van der Waals surface area contributed by atoms with E-state index in [0.717, 1.165) is 12.1 Å². The third-order valence-corrected chi connectivity index (χ3v) is 3.67. The van der Waals surface area contributed by atoms with Crippen molar-refractivity contribution in [3.63, 3.8) is 0 Å². The number of aromatic amines is 1. The van der Waals surface area contributed by atoms with Crippen LogP contribution in [0.3, 0.4) is 0 Å². The summed E-state index contributed by atoms with van der Waals surface area (Å²) in [5.74, 6) is 0.549. The number of alkyl halides is 6. The molecular formula is C14H15F6N5O. The molecule has 0 bridgehead atoms. The van der Waals surface area contributed by atoms with E-state index in [4.69, 9.17) is 0 Å². The topological polar surface area (TPSA) is 86.7 Å². The van der Waals surface area contributed by atoms with Gasteiger partial charge in [0, 0.05) is 24.2 Å². The average molecular weight is 383 g/mol. The molecule has 1 aromatic heterocycles. The van der Waals surface area contributed by atoms with Crippen molar-refractivity contribution in [3.05, 3.63) is 35.7 Å². The first-order chi connectivity index (χ1) is 12.1. The van der Waals surface area contributed by atoms with Crippen LogP contribution in [0.1, 0.15) is 24.2 Å². The minimum absolute atomic E-state index is 0.333. The van der Waals surface area contributed by atoms with Crippen LogP contribution in [0.15, 0.2) is 24.3 Å². The summed E-state index contributed by atoms with van der Waals surface area (Å²) < 4.78 is 76.7. The molecule has 26 heavy (non-hydrogen) atoms. The maximum absolute atomic E-state index is 12.8. The fourth-order valence-corrected chi connectivity index (χ4v) is 2.25.